The summed E-state index contributed by atoms with van der Waals surface area (Å²) in [6.07, 6.45) is 2.75. The van der Waals surface area contributed by atoms with Gasteiger partial charge in [-0.3, -0.25) is 14.7 Å². The van der Waals surface area contributed by atoms with Crippen molar-refractivity contribution in [2.45, 2.75) is 18.9 Å². The second kappa shape index (κ2) is 6.83. The molecule has 0 radical (unpaired) electrons. The number of likely N-dealkylation sites (tertiary alicyclic amines) is 1. The third kappa shape index (κ3) is 3.17. The number of nitrogens with one attached hydrogen (secondary N) is 1. The smallest absolute Gasteiger partial charge is 0.254 e. The highest BCUT2D eigenvalue weighted by molar-refractivity contribution is 7.03. The van der Waals surface area contributed by atoms with E-state index in [1.807, 2.05) is 18.2 Å². The Kier molecular flexibility index (Phi) is 4.37. The number of rotatable bonds is 4. The number of carbonyl (C=O) groups is 2. The van der Waals surface area contributed by atoms with Gasteiger partial charge in [0.05, 0.1) is 29.9 Å². The number of hydrogen-bond donors (Lipinski definition) is 1. The normalized spacial score (nSPS) is 17.0. The predicted octanol–water partition coefficient (Wildman–Crippen LogP) is 1.33. The molecule has 1 aliphatic rings. The largest absolute Gasteiger partial charge is 0.341 e. The Hall–Kier alpha value is -2.81. The molecule has 1 atom stereocenters. The standard InChI is InChI=1S/C17H18N6O2S/c1-22(16(24)7-13-10-26-21-19-13)14-4-5-23(9-14)17(25)11-2-3-12-8-18-20-15(12)6-11/h2-3,6,8,10,14H,4-5,7,9H2,1H3,(H,18,20). The fourth-order valence-electron chi connectivity index (χ4n) is 3.24. The van der Waals surface area contributed by atoms with Crippen molar-refractivity contribution in [1.29, 1.82) is 0 Å². The van der Waals surface area contributed by atoms with Crippen LogP contribution in [0.5, 0.6) is 0 Å². The van der Waals surface area contributed by atoms with E-state index in [1.54, 1.807) is 28.4 Å². The number of likely N-dealkylation sites (N-methyl/N-ethyl adjacent to an activating group) is 1. The summed E-state index contributed by atoms with van der Waals surface area (Å²) >= 11 is 1.24. The topological polar surface area (TPSA) is 95.1 Å². The molecule has 8 nitrogen and oxygen atoms in total. The first-order chi connectivity index (χ1) is 12.6. The van der Waals surface area contributed by atoms with Crippen molar-refractivity contribution in [3.8, 4) is 0 Å². The van der Waals surface area contributed by atoms with Gasteiger partial charge in [-0.25, -0.2) is 0 Å². The van der Waals surface area contributed by atoms with Crippen LogP contribution in [0.25, 0.3) is 10.9 Å². The minimum absolute atomic E-state index is 0.00382. The highest BCUT2D eigenvalue weighted by atomic mass is 32.1. The number of H-pyrrole nitrogens is 1. The molecule has 1 aromatic carbocycles. The maximum atomic E-state index is 12.8. The number of carbonyl (C=O) groups excluding carboxylic acids is 2. The molecule has 26 heavy (non-hydrogen) atoms. The summed E-state index contributed by atoms with van der Waals surface area (Å²) in [4.78, 5) is 28.7. The van der Waals surface area contributed by atoms with Crippen LogP contribution in [-0.2, 0) is 11.2 Å². The Morgan fingerprint density at radius 2 is 2.31 bits per heavy atom. The average molecular weight is 370 g/mol. The maximum Gasteiger partial charge on any atom is 0.254 e. The quantitative estimate of drug-likeness (QED) is 0.748. The SMILES string of the molecule is CN(C(=O)Cc1csnn1)C1CCN(C(=O)c2ccc3cn[nH]c3c2)C1. The van der Waals surface area contributed by atoms with Gasteiger partial charge in [-0.2, -0.15) is 5.10 Å². The third-order valence-electron chi connectivity index (χ3n) is 4.82. The van der Waals surface area contributed by atoms with Gasteiger partial charge in [0.25, 0.3) is 5.91 Å². The fourth-order valence-corrected chi connectivity index (χ4v) is 3.69. The molecular weight excluding hydrogens is 352 g/mol. The Labute approximate surface area is 154 Å². The van der Waals surface area contributed by atoms with E-state index < -0.39 is 0 Å². The zero-order chi connectivity index (χ0) is 18.1. The molecule has 3 heterocycles. The summed E-state index contributed by atoms with van der Waals surface area (Å²) in [5.41, 5.74) is 2.16. The van der Waals surface area contributed by atoms with E-state index >= 15 is 0 Å². The van der Waals surface area contributed by atoms with Gasteiger partial charge >= 0.3 is 0 Å². The van der Waals surface area contributed by atoms with Crippen LogP contribution in [-0.4, -0.2) is 67.6 Å². The van der Waals surface area contributed by atoms with E-state index in [4.69, 9.17) is 0 Å². The van der Waals surface area contributed by atoms with E-state index in [9.17, 15) is 9.59 Å². The molecule has 4 rings (SSSR count). The molecule has 1 saturated heterocycles. The van der Waals surface area contributed by atoms with E-state index in [2.05, 4.69) is 19.8 Å². The minimum atomic E-state index is -0.0199. The highest BCUT2D eigenvalue weighted by Crippen LogP contribution is 2.20. The van der Waals surface area contributed by atoms with Crippen LogP contribution in [0.1, 0.15) is 22.5 Å². The summed E-state index contributed by atoms with van der Waals surface area (Å²) < 4.78 is 3.78. The van der Waals surface area contributed by atoms with E-state index in [1.165, 1.54) is 11.5 Å². The van der Waals surface area contributed by atoms with Crippen LogP contribution in [0.3, 0.4) is 0 Å². The molecule has 1 aliphatic heterocycles. The van der Waals surface area contributed by atoms with Crippen LogP contribution in [0.2, 0.25) is 0 Å². The lowest BCUT2D eigenvalue weighted by Crippen LogP contribution is -2.40. The first kappa shape index (κ1) is 16.6. The number of benzene rings is 1. The number of fused-ring (bicyclic) bond motifs is 1. The summed E-state index contributed by atoms with van der Waals surface area (Å²) in [6.45, 7) is 1.18. The van der Waals surface area contributed by atoms with Gasteiger partial charge in [0.1, 0.15) is 0 Å². The summed E-state index contributed by atoms with van der Waals surface area (Å²) in [7, 11) is 1.79. The van der Waals surface area contributed by atoms with Gasteiger partial charge < -0.3 is 9.80 Å². The molecule has 0 spiro atoms. The summed E-state index contributed by atoms with van der Waals surface area (Å²) in [5.74, 6) is -0.0237. The lowest BCUT2D eigenvalue weighted by atomic mass is 10.1. The van der Waals surface area contributed by atoms with E-state index in [0.29, 0.717) is 24.3 Å². The summed E-state index contributed by atoms with van der Waals surface area (Å²) in [6, 6.07) is 5.55. The number of aromatic nitrogens is 4. The van der Waals surface area contributed by atoms with Crippen LogP contribution >= 0.6 is 11.5 Å². The Morgan fingerprint density at radius 1 is 1.42 bits per heavy atom. The first-order valence-corrected chi connectivity index (χ1v) is 9.19. The second-order valence-electron chi connectivity index (χ2n) is 6.44. The van der Waals surface area contributed by atoms with Crippen molar-refractivity contribution in [3.05, 3.63) is 41.0 Å². The Balaban J connectivity index is 1.40. The van der Waals surface area contributed by atoms with Gasteiger partial charge in [0, 0.05) is 36.5 Å². The van der Waals surface area contributed by atoms with E-state index in [0.717, 1.165) is 17.3 Å². The summed E-state index contributed by atoms with van der Waals surface area (Å²) in [5, 5.41) is 13.5. The van der Waals surface area contributed by atoms with Crippen molar-refractivity contribution in [2.24, 2.45) is 0 Å². The zero-order valence-corrected chi connectivity index (χ0v) is 15.1. The molecule has 2 aromatic heterocycles. The van der Waals surface area contributed by atoms with Gasteiger partial charge in [0.15, 0.2) is 0 Å². The Bertz CT molecular complexity index is 938. The number of amides is 2. The maximum absolute atomic E-state index is 12.8. The van der Waals surface area contributed by atoms with Crippen LogP contribution in [0.15, 0.2) is 29.8 Å². The third-order valence-corrected chi connectivity index (χ3v) is 5.37. The predicted molar refractivity (Wildman–Crippen MR) is 96.8 cm³/mol. The van der Waals surface area contributed by atoms with Crippen molar-refractivity contribution in [2.75, 3.05) is 20.1 Å². The van der Waals surface area contributed by atoms with Crippen molar-refractivity contribution in [3.63, 3.8) is 0 Å². The second-order valence-corrected chi connectivity index (χ2v) is 7.05. The van der Waals surface area contributed by atoms with Crippen molar-refractivity contribution >= 4 is 34.2 Å². The number of hydrogen-bond acceptors (Lipinski definition) is 6. The molecule has 1 N–H and O–H groups in total. The number of aromatic amines is 1. The fraction of sp³-hybridized carbons (Fsp3) is 0.353. The molecule has 0 bridgehead atoms. The van der Waals surface area contributed by atoms with Crippen molar-refractivity contribution in [1.82, 2.24) is 29.6 Å². The van der Waals surface area contributed by atoms with Crippen molar-refractivity contribution < 1.29 is 9.59 Å². The van der Waals surface area contributed by atoms with Crippen LogP contribution < -0.4 is 0 Å². The molecule has 0 saturated carbocycles. The average Bonchev–Trinajstić information content (AvgIpc) is 3.40. The van der Waals surface area contributed by atoms with E-state index in [-0.39, 0.29) is 24.3 Å². The molecule has 134 valence electrons. The van der Waals surface area contributed by atoms with Gasteiger partial charge in [-0.1, -0.05) is 10.6 Å². The highest BCUT2D eigenvalue weighted by Gasteiger charge is 2.31. The Morgan fingerprint density at radius 3 is 3.12 bits per heavy atom. The lowest BCUT2D eigenvalue weighted by molar-refractivity contribution is -0.131. The van der Waals surface area contributed by atoms with Gasteiger partial charge in [-0.05, 0) is 30.1 Å². The molecule has 2 amide bonds. The number of nitrogens with zero attached hydrogens (tertiary/aromatic N) is 5. The van der Waals surface area contributed by atoms with Gasteiger partial charge in [0.2, 0.25) is 5.91 Å². The lowest BCUT2D eigenvalue weighted by Gasteiger charge is -2.24. The molecule has 0 aliphatic carbocycles. The van der Waals surface area contributed by atoms with Crippen LogP contribution in [0.4, 0.5) is 0 Å². The molecule has 3 aromatic rings. The zero-order valence-electron chi connectivity index (χ0n) is 14.3. The van der Waals surface area contributed by atoms with Crippen LogP contribution in [0, 0.1) is 0 Å². The molecule has 9 heteroatoms. The van der Waals surface area contributed by atoms with Gasteiger partial charge in [-0.15, -0.1) is 5.10 Å². The monoisotopic (exact) mass is 370 g/mol. The minimum Gasteiger partial charge on any atom is -0.341 e. The molecular formula is C17H18N6O2S. The molecule has 1 unspecified atom stereocenters. The first-order valence-electron chi connectivity index (χ1n) is 8.36. The molecule has 1 fully saturated rings.